The van der Waals surface area contributed by atoms with Crippen molar-refractivity contribution >= 4 is 0 Å². The Morgan fingerprint density at radius 3 is 2.94 bits per heavy atom. The van der Waals surface area contributed by atoms with Crippen molar-refractivity contribution in [2.45, 2.75) is 52.1 Å². The SMILES string of the molecule is CCNC(CC)c1cnn(CCC2CC2)c1. The first-order valence-electron chi connectivity index (χ1n) is 6.59. The average Bonchev–Trinajstić information content (AvgIpc) is 3.02. The molecule has 1 unspecified atom stereocenters. The summed E-state index contributed by atoms with van der Waals surface area (Å²) < 4.78 is 2.10. The Labute approximate surface area is 98.2 Å². The maximum absolute atomic E-state index is 4.44. The molecule has 0 spiro atoms. The van der Waals surface area contributed by atoms with Gasteiger partial charge in [0.25, 0.3) is 0 Å². The van der Waals surface area contributed by atoms with Gasteiger partial charge in [-0.3, -0.25) is 4.68 Å². The second-order valence-electron chi connectivity index (χ2n) is 4.79. The van der Waals surface area contributed by atoms with Crippen LogP contribution in [0.4, 0.5) is 0 Å². The van der Waals surface area contributed by atoms with E-state index in [1.54, 1.807) is 0 Å². The predicted molar refractivity (Wildman–Crippen MR) is 66.3 cm³/mol. The standard InChI is InChI=1S/C13H23N3/c1-3-13(14-4-2)12-9-15-16(10-12)8-7-11-5-6-11/h9-11,13-14H,3-8H2,1-2H3. The van der Waals surface area contributed by atoms with E-state index < -0.39 is 0 Å². The van der Waals surface area contributed by atoms with Gasteiger partial charge >= 0.3 is 0 Å². The number of aromatic nitrogens is 2. The van der Waals surface area contributed by atoms with Crippen LogP contribution in [0.15, 0.2) is 12.4 Å². The molecule has 1 aromatic rings. The minimum absolute atomic E-state index is 0.472. The highest BCUT2D eigenvalue weighted by Crippen LogP contribution is 2.32. The van der Waals surface area contributed by atoms with Gasteiger partial charge < -0.3 is 5.32 Å². The quantitative estimate of drug-likeness (QED) is 0.767. The maximum Gasteiger partial charge on any atom is 0.0537 e. The van der Waals surface area contributed by atoms with Gasteiger partial charge in [0.15, 0.2) is 0 Å². The van der Waals surface area contributed by atoms with Crippen LogP contribution in [0.25, 0.3) is 0 Å². The van der Waals surface area contributed by atoms with Crippen LogP contribution < -0.4 is 5.32 Å². The molecule has 1 heterocycles. The third kappa shape index (κ3) is 3.08. The first-order chi connectivity index (χ1) is 7.83. The van der Waals surface area contributed by atoms with Crippen LogP contribution >= 0.6 is 0 Å². The summed E-state index contributed by atoms with van der Waals surface area (Å²) in [4.78, 5) is 0. The Bertz CT molecular complexity index is 315. The van der Waals surface area contributed by atoms with Gasteiger partial charge in [-0.2, -0.15) is 5.10 Å². The molecule has 0 radical (unpaired) electrons. The highest BCUT2D eigenvalue weighted by molar-refractivity contribution is 5.10. The highest BCUT2D eigenvalue weighted by atomic mass is 15.3. The number of aryl methyl sites for hydroxylation is 1. The minimum Gasteiger partial charge on any atom is -0.310 e. The molecule has 0 saturated heterocycles. The number of rotatable bonds is 7. The molecular weight excluding hydrogens is 198 g/mol. The number of hydrogen-bond donors (Lipinski definition) is 1. The molecular formula is C13H23N3. The lowest BCUT2D eigenvalue weighted by Crippen LogP contribution is -2.19. The molecule has 0 aliphatic heterocycles. The monoisotopic (exact) mass is 221 g/mol. The number of nitrogens with zero attached hydrogens (tertiary/aromatic N) is 2. The Morgan fingerprint density at radius 2 is 2.31 bits per heavy atom. The van der Waals surface area contributed by atoms with Gasteiger partial charge in [-0.1, -0.05) is 26.7 Å². The van der Waals surface area contributed by atoms with Crippen molar-refractivity contribution in [3.8, 4) is 0 Å². The Balaban J connectivity index is 1.88. The van der Waals surface area contributed by atoms with E-state index in [0.29, 0.717) is 6.04 Å². The molecule has 3 heteroatoms. The van der Waals surface area contributed by atoms with Gasteiger partial charge in [-0.25, -0.2) is 0 Å². The summed E-state index contributed by atoms with van der Waals surface area (Å²) in [6.45, 7) is 6.48. The first kappa shape index (κ1) is 11.6. The molecule has 1 saturated carbocycles. The third-order valence-electron chi connectivity index (χ3n) is 3.38. The Kier molecular flexibility index (Phi) is 3.99. The predicted octanol–water partition coefficient (Wildman–Crippen LogP) is 2.74. The Morgan fingerprint density at radius 1 is 1.50 bits per heavy atom. The van der Waals surface area contributed by atoms with E-state index in [1.807, 2.05) is 6.20 Å². The summed E-state index contributed by atoms with van der Waals surface area (Å²) in [5, 5.41) is 7.93. The van der Waals surface area contributed by atoms with Gasteiger partial charge in [-0.05, 0) is 25.3 Å². The summed E-state index contributed by atoms with van der Waals surface area (Å²) in [6, 6.07) is 0.472. The zero-order chi connectivity index (χ0) is 11.4. The molecule has 1 aliphatic rings. The topological polar surface area (TPSA) is 29.9 Å². The van der Waals surface area contributed by atoms with Crippen LogP contribution in [-0.2, 0) is 6.54 Å². The molecule has 3 nitrogen and oxygen atoms in total. The molecule has 0 amide bonds. The van der Waals surface area contributed by atoms with E-state index in [2.05, 4.69) is 35.1 Å². The van der Waals surface area contributed by atoms with Gasteiger partial charge in [0.2, 0.25) is 0 Å². The second-order valence-corrected chi connectivity index (χ2v) is 4.79. The maximum atomic E-state index is 4.44. The molecule has 1 N–H and O–H groups in total. The zero-order valence-electron chi connectivity index (χ0n) is 10.4. The van der Waals surface area contributed by atoms with Crippen molar-refractivity contribution in [2.75, 3.05) is 6.54 Å². The molecule has 1 aliphatic carbocycles. The van der Waals surface area contributed by atoms with Crippen LogP contribution in [0.3, 0.4) is 0 Å². The number of hydrogen-bond acceptors (Lipinski definition) is 2. The summed E-state index contributed by atoms with van der Waals surface area (Å²) >= 11 is 0. The molecule has 1 atom stereocenters. The third-order valence-corrected chi connectivity index (χ3v) is 3.38. The van der Waals surface area contributed by atoms with E-state index in [-0.39, 0.29) is 0 Å². The second kappa shape index (κ2) is 5.48. The molecule has 2 rings (SSSR count). The fourth-order valence-electron chi connectivity index (χ4n) is 2.15. The van der Waals surface area contributed by atoms with Crippen molar-refractivity contribution in [2.24, 2.45) is 5.92 Å². The van der Waals surface area contributed by atoms with E-state index in [4.69, 9.17) is 0 Å². The molecule has 1 fully saturated rings. The lowest BCUT2D eigenvalue weighted by Gasteiger charge is -2.13. The summed E-state index contributed by atoms with van der Waals surface area (Å²) in [5.41, 5.74) is 1.33. The van der Waals surface area contributed by atoms with Crippen molar-refractivity contribution in [3.63, 3.8) is 0 Å². The first-order valence-corrected chi connectivity index (χ1v) is 6.59. The fourth-order valence-corrected chi connectivity index (χ4v) is 2.15. The van der Waals surface area contributed by atoms with Gasteiger partial charge in [0, 0.05) is 24.3 Å². The lowest BCUT2D eigenvalue weighted by molar-refractivity contribution is 0.529. The summed E-state index contributed by atoms with van der Waals surface area (Å²) in [6.07, 6.45) is 9.52. The van der Waals surface area contributed by atoms with Crippen LogP contribution in [0, 0.1) is 5.92 Å². The smallest absolute Gasteiger partial charge is 0.0537 e. The van der Waals surface area contributed by atoms with Crippen LogP contribution in [0.2, 0.25) is 0 Å². The van der Waals surface area contributed by atoms with Crippen molar-refractivity contribution < 1.29 is 0 Å². The highest BCUT2D eigenvalue weighted by Gasteiger charge is 2.20. The van der Waals surface area contributed by atoms with Crippen LogP contribution in [0.1, 0.15) is 51.1 Å². The van der Waals surface area contributed by atoms with E-state index in [1.165, 1.54) is 24.8 Å². The molecule has 0 bridgehead atoms. The Hall–Kier alpha value is -0.830. The van der Waals surface area contributed by atoms with Gasteiger partial charge in [-0.15, -0.1) is 0 Å². The fraction of sp³-hybridized carbons (Fsp3) is 0.769. The molecule has 16 heavy (non-hydrogen) atoms. The van der Waals surface area contributed by atoms with Crippen molar-refractivity contribution in [1.82, 2.24) is 15.1 Å². The zero-order valence-corrected chi connectivity index (χ0v) is 10.4. The molecule has 90 valence electrons. The molecule has 0 aromatic carbocycles. The molecule has 1 aromatic heterocycles. The van der Waals surface area contributed by atoms with E-state index >= 15 is 0 Å². The van der Waals surface area contributed by atoms with Crippen molar-refractivity contribution in [1.29, 1.82) is 0 Å². The van der Waals surface area contributed by atoms with Crippen LogP contribution in [-0.4, -0.2) is 16.3 Å². The summed E-state index contributed by atoms with van der Waals surface area (Å²) in [7, 11) is 0. The van der Waals surface area contributed by atoms with Crippen molar-refractivity contribution in [3.05, 3.63) is 18.0 Å². The van der Waals surface area contributed by atoms with Gasteiger partial charge in [0.05, 0.1) is 6.20 Å². The summed E-state index contributed by atoms with van der Waals surface area (Å²) in [5.74, 6) is 0.989. The average molecular weight is 221 g/mol. The largest absolute Gasteiger partial charge is 0.310 e. The van der Waals surface area contributed by atoms with E-state index in [0.717, 1.165) is 25.4 Å². The number of nitrogens with one attached hydrogen (secondary N) is 1. The normalized spacial score (nSPS) is 17.6. The van der Waals surface area contributed by atoms with Crippen LogP contribution in [0.5, 0.6) is 0 Å². The lowest BCUT2D eigenvalue weighted by atomic mass is 10.1. The van der Waals surface area contributed by atoms with E-state index in [9.17, 15) is 0 Å². The van der Waals surface area contributed by atoms with Gasteiger partial charge in [0.1, 0.15) is 0 Å². The minimum atomic E-state index is 0.472.